The molecule has 8 nitrogen and oxygen atoms in total. The topological polar surface area (TPSA) is 125 Å². The summed E-state index contributed by atoms with van der Waals surface area (Å²) in [6.07, 6.45) is 0. The van der Waals surface area contributed by atoms with Gasteiger partial charge in [-0.05, 0) is 38.5 Å². The van der Waals surface area contributed by atoms with Crippen LogP contribution in [0.1, 0.15) is 25.0 Å². The van der Waals surface area contributed by atoms with Crippen LogP contribution < -0.4 is 5.73 Å². The van der Waals surface area contributed by atoms with Gasteiger partial charge in [-0.25, -0.2) is 4.79 Å². The lowest BCUT2D eigenvalue weighted by Gasteiger charge is -2.39. The Kier molecular flexibility index (Phi) is 7.73. The van der Waals surface area contributed by atoms with Gasteiger partial charge >= 0.3 is 5.97 Å². The quantitative estimate of drug-likeness (QED) is 0.552. The Morgan fingerprint density at radius 2 is 1.60 bits per heavy atom. The van der Waals surface area contributed by atoms with E-state index in [-0.39, 0.29) is 24.7 Å². The normalized spacial score (nSPS) is 17.4. The van der Waals surface area contributed by atoms with Crippen LogP contribution in [0.15, 0.2) is 59.5 Å². The van der Waals surface area contributed by atoms with Crippen molar-refractivity contribution in [3.05, 3.63) is 65.7 Å². The van der Waals surface area contributed by atoms with Crippen molar-refractivity contribution >= 4 is 16.1 Å². The molecule has 3 N–H and O–H groups in total. The number of carbonyl (C=O) groups excluding carboxylic acids is 1. The lowest BCUT2D eigenvalue weighted by Crippen LogP contribution is -2.62. The molecule has 2 aromatic rings. The standard InChI is InChI=1S/C14H19NO4.C7H8O3S/c1-13(2)18-9-14(15,10-19-13)12(16)17-8-11-6-4-3-5-7-11;1-6-2-4-7(5-3-6)11(8,9)10/h3-7H,8-10,15H2,1-2H3;2-5H,1H3,(H,8,9,10). The molecular weight excluding hydrogens is 410 g/mol. The number of ether oxygens (including phenoxy) is 3. The molecule has 1 aliphatic rings. The number of hydrogen-bond acceptors (Lipinski definition) is 7. The lowest BCUT2D eigenvalue weighted by molar-refractivity contribution is -0.267. The van der Waals surface area contributed by atoms with Crippen LogP contribution in [0.3, 0.4) is 0 Å². The van der Waals surface area contributed by atoms with Gasteiger partial charge in [0.2, 0.25) is 0 Å². The van der Waals surface area contributed by atoms with Crippen molar-refractivity contribution in [2.24, 2.45) is 5.73 Å². The first kappa shape index (κ1) is 24.0. The average Bonchev–Trinajstić information content (AvgIpc) is 2.69. The molecule has 1 fully saturated rings. The van der Waals surface area contributed by atoms with Crippen molar-refractivity contribution in [1.82, 2.24) is 0 Å². The van der Waals surface area contributed by atoms with Crippen LogP contribution in [-0.2, 0) is 35.7 Å². The van der Waals surface area contributed by atoms with E-state index < -0.39 is 27.4 Å². The maximum Gasteiger partial charge on any atom is 0.331 e. The monoisotopic (exact) mass is 437 g/mol. The number of esters is 1. The van der Waals surface area contributed by atoms with E-state index in [1.54, 1.807) is 26.0 Å². The van der Waals surface area contributed by atoms with Crippen LogP contribution in [-0.4, -0.2) is 43.5 Å². The van der Waals surface area contributed by atoms with Gasteiger partial charge in [-0.15, -0.1) is 0 Å². The van der Waals surface area contributed by atoms with Gasteiger partial charge in [0, 0.05) is 0 Å². The van der Waals surface area contributed by atoms with Crippen LogP contribution >= 0.6 is 0 Å². The van der Waals surface area contributed by atoms with Gasteiger partial charge in [0.25, 0.3) is 10.1 Å². The Morgan fingerprint density at radius 3 is 2.10 bits per heavy atom. The van der Waals surface area contributed by atoms with Crippen LogP contribution in [0.25, 0.3) is 0 Å². The molecule has 30 heavy (non-hydrogen) atoms. The van der Waals surface area contributed by atoms with E-state index in [9.17, 15) is 13.2 Å². The number of rotatable bonds is 4. The highest BCUT2D eigenvalue weighted by Gasteiger charge is 2.44. The van der Waals surface area contributed by atoms with Gasteiger partial charge in [0.05, 0.1) is 18.1 Å². The predicted octanol–water partition coefficient (Wildman–Crippen LogP) is 2.45. The molecule has 1 heterocycles. The molecule has 1 saturated heterocycles. The maximum atomic E-state index is 12.0. The van der Waals surface area contributed by atoms with Gasteiger partial charge in [0.15, 0.2) is 11.3 Å². The van der Waals surface area contributed by atoms with Gasteiger partial charge in [-0.3, -0.25) is 4.55 Å². The average molecular weight is 438 g/mol. The van der Waals surface area contributed by atoms with Crippen LogP contribution in [0, 0.1) is 6.92 Å². The fraction of sp³-hybridized carbons (Fsp3) is 0.381. The second-order valence-electron chi connectivity index (χ2n) is 7.48. The SMILES string of the molecule is CC1(C)OCC(N)(C(=O)OCc2ccccc2)CO1.Cc1ccc(S(=O)(=O)O)cc1. The Morgan fingerprint density at radius 1 is 1.07 bits per heavy atom. The van der Waals surface area contributed by atoms with Crippen molar-refractivity contribution < 1.29 is 32.0 Å². The highest BCUT2D eigenvalue weighted by atomic mass is 32.2. The minimum atomic E-state index is -4.02. The van der Waals surface area contributed by atoms with E-state index in [0.717, 1.165) is 11.1 Å². The zero-order chi connectivity index (χ0) is 22.4. The first-order valence-corrected chi connectivity index (χ1v) is 10.7. The van der Waals surface area contributed by atoms with Gasteiger partial charge in [-0.1, -0.05) is 48.0 Å². The largest absolute Gasteiger partial charge is 0.459 e. The molecule has 0 saturated carbocycles. The van der Waals surface area contributed by atoms with E-state index in [0.29, 0.717) is 0 Å². The first-order valence-electron chi connectivity index (χ1n) is 9.23. The number of carbonyl (C=O) groups is 1. The van der Waals surface area contributed by atoms with Gasteiger partial charge in [0.1, 0.15) is 6.61 Å². The summed E-state index contributed by atoms with van der Waals surface area (Å²) >= 11 is 0. The molecule has 3 rings (SSSR count). The molecule has 9 heteroatoms. The van der Waals surface area contributed by atoms with Gasteiger partial charge < -0.3 is 19.9 Å². The molecular formula is C21H27NO7S. The summed E-state index contributed by atoms with van der Waals surface area (Å²) in [4.78, 5) is 11.9. The minimum absolute atomic E-state index is 0.0666. The number of hydrogen-bond donors (Lipinski definition) is 2. The molecule has 0 amide bonds. The number of nitrogens with two attached hydrogens (primary N) is 1. The summed E-state index contributed by atoms with van der Waals surface area (Å²) in [5, 5.41) is 0. The fourth-order valence-corrected chi connectivity index (χ4v) is 2.86. The molecule has 0 aliphatic carbocycles. The molecule has 0 bridgehead atoms. The molecule has 0 aromatic heterocycles. The third-order valence-corrected chi connectivity index (χ3v) is 5.16. The summed E-state index contributed by atoms with van der Waals surface area (Å²) in [6, 6.07) is 15.4. The zero-order valence-corrected chi connectivity index (χ0v) is 18.0. The molecule has 0 atom stereocenters. The Bertz CT molecular complexity index is 931. The third-order valence-electron chi connectivity index (χ3n) is 4.29. The summed E-state index contributed by atoms with van der Waals surface area (Å²) in [5.74, 6) is -1.21. The summed E-state index contributed by atoms with van der Waals surface area (Å²) in [5.41, 5.74) is 6.60. The molecule has 0 spiro atoms. The van der Waals surface area contributed by atoms with Crippen LogP contribution in [0.4, 0.5) is 0 Å². The number of aryl methyl sites for hydroxylation is 1. The van der Waals surface area contributed by atoms with E-state index >= 15 is 0 Å². The number of benzene rings is 2. The third kappa shape index (κ3) is 7.19. The predicted molar refractivity (Wildman–Crippen MR) is 110 cm³/mol. The molecule has 0 unspecified atom stereocenters. The highest BCUT2D eigenvalue weighted by molar-refractivity contribution is 7.85. The summed E-state index contributed by atoms with van der Waals surface area (Å²) in [7, 11) is -4.02. The lowest BCUT2D eigenvalue weighted by atomic mass is 10.0. The molecule has 1 aliphatic heterocycles. The van der Waals surface area contributed by atoms with E-state index in [1.165, 1.54) is 12.1 Å². The molecule has 2 aromatic carbocycles. The van der Waals surface area contributed by atoms with Crippen molar-refractivity contribution in [3.63, 3.8) is 0 Å². The molecule has 164 valence electrons. The summed E-state index contributed by atoms with van der Waals surface area (Å²) < 4.78 is 45.6. The first-order chi connectivity index (χ1) is 13.9. The minimum Gasteiger partial charge on any atom is -0.459 e. The molecule has 0 radical (unpaired) electrons. The fourth-order valence-electron chi connectivity index (χ4n) is 2.38. The van der Waals surface area contributed by atoms with Gasteiger partial charge in [-0.2, -0.15) is 8.42 Å². The Balaban J connectivity index is 0.000000248. The van der Waals surface area contributed by atoms with Crippen LogP contribution in [0.5, 0.6) is 0 Å². The van der Waals surface area contributed by atoms with Crippen molar-refractivity contribution in [1.29, 1.82) is 0 Å². The van der Waals surface area contributed by atoms with E-state index in [4.69, 9.17) is 24.5 Å². The van der Waals surface area contributed by atoms with Crippen molar-refractivity contribution in [2.75, 3.05) is 13.2 Å². The highest BCUT2D eigenvalue weighted by Crippen LogP contribution is 2.23. The van der Waals surface area contributed by atoms with Crippen LogP contribution in [0.2, 0.25) is 0 Å². The second-order valence-corrected chi connectivity index (χ2v) is 8.90. The Labute approximate surface area is 176 Å². The smallest absolute Gasteiger partial charge is 0.331 e. The maximum absolute atomic E-state index is 12.0. The van der Waals surface area contributed by atoms with Crippen molar-refractivity contribution in [3.8, 4) is 0 Å². The van der Waals surface area contributed by atoms with Crippen molar-refractivity contribution in [2.45, 2.75) is 43.6 Å². The zero-order valence-electron chi connectivity index (χ0n) is 17.2. The Hall–Kier alpha value is -2.30. The second kappa shape index (κ2) is 9.67. The van der Waals surface area contributed by atoms with E-state index in [2.05, 4.69) is 0 Å². The van der Waals surface area contributed by atoms with E-state index in [1.807, 2.05) is 37.3 Å². The summed E-state index contributed by atoms with van der Waals surface area (Å²) in [6.45, 7) is 5.78.